The van der Waals surface area contributed by atoms with E-state index in [0.29, 0.717) is 16.5 Å². The molecule has 2 rings (SSSR count). The molecule has 3 N–H and O–H groups in total. The van der Waals surface area contributed by atoms with Crippen LogP contribution in [0.25, 0.3) is 0 Å². The number of ether oxygens (including phenoxy) is 1. The van der Waals surface area contributed by atoms with Crippen LogP contribution in [-0.4, -0.2) is 12.5 Å². The standard InChI is InChI=1S/C15H15ClN2O2/c1-10-7-12(17)5-6-14(10)18-15(19)9-20-13-4-2-3-11(16)8-13/h2-8H,9,17H2,1H3,(H,18,19). The van der Waals surface area contributed by atoms with E-state index >= 15 is 0 Å². The van der Waals surface area contributed by atoms with E-state index in [1.165, 1.54) is 0 Å². The Kier molecular flexibility index (Phi) is 4.48. The van der Waals surface area contributed by atoms with Crippen molar-refractivity contribution in [2.45, 2.75) is 6.92 Å². The van der Waals surface area contributed by atoms with E-state index in [1.807, 2.05) is 6.92 Å². The van der Waals surface area contributed by atoms with E-state index in [9.17, 15) is 4.79 Å². The normalized spacial score (nSPS) is 10.1. The lowest BCUT2D eigenvalue weighted by Gasteiger charge is -2.10. The Balaban J connectivity index is 1.92. The first-order chi connectivity index (χ1) is 9.54. The number of hydrogen-bond acceptors (Lipinski definition) is 3. The molecule has 104 valence electrons. The van der Waals surface area contributed by atoms with Gasteiger partial charge in [-0.2, -0.15) is 0 Å². The molecule has 0 aliphatic heterocycles. The van der Waals surface area contributed by atoms with Crippen LogP contribution in [0.5, 0.6) is 5.75 Å². The molecule has 0 saturated heterocycles. The third kappa shape index (κ3) is 3.90. The maximum absolute atomic E-state index is 11.8. The summed E-state index contributed by atoms with van der Waals surface area (Å²) in [4.78, 5) is 11.8. The number of rotatable bonds is 4. The van der Waals surface area contributed by atoms with Gasteiger partial charge in [-0.15, -0.1) is 0 Å². The van der Waals surface area contributed by atoms with Crippen molar-refractivity contribution in [1.29, 1.82) is 0 Å². The number of nitrogens with two attached hydrogens (primary N) is 1. The number of carbonyl (C=O) groups excluding carboxylic acids is 1. The lowest BCUT2D eigenvalue weighted by molar-refractivity contribution is -0.118. The van der Waals surface area contributed by atoms with Crippen molar-refractivity contribution in [2.75, 3.05) is 17.7 Å². The van der Waals surface area contributed by atoms with Crippen molar-refractivity contribution in [1.82, 2.24) is 0 Å². The van der Waals surface area contributed by atoms with Crippen molar-refractivity contribution in [3.63, 3.8) is 0 Å². The van der Waals surface area contributed by atoms with Crippen molar-refractivity contribution in [2.24, 2.45) is 0 Å². The predicted octanol–water partition coefficient (Wildman–Crippen LogP) is 3.25. The molecule has 0 aliphatic rings. The Morgan fingerprint density at radius 1 is 1.30 bits per heavy atom. The van der Waals surface area contributed by atoms with Crippen LogP contribution in [0.2, 0.25) is 5.02 Å². The average Bonchev–Trinajstić information content (AvgIpc) is 2.40. The number of benzene rings is 2. The zero-order valence-corrected chi connectivity index (χ0v) is 11.8. The molecule has 2 aromatic carbocycles. The minimum atomic E-state index is -0.238. The first-order valence-electron chi connectivity index (χ1n) is 6.09. The molecule has 0 bridgehead atoms. The second-order valence-electron chi connectivity index (χ2n) is 4.37. The fourth-order valence-electron chi connectivity index (χ4n) is 1.72. The third-order valence-electron chi connectivity index (χ3n) is 2.69. The molecule has 0 fully saturated rings. The molecular formula is C15H15ClN2O2. The summed E-state index contributed by atoms with van der Waals surface area (Å²) in [6.07, 6.45) is 0. The Morgan fingerprint density at radius 3 is 2.80 bits per heavy atom. The van der Waals surface area contributed by atoms with Gasteiger partial charge in [0.2, 0.25) is 0 Å². The van der Waals surface area contributed by atoms with Crippen LogP contribution in [-0.2, 0) is 4.79 Å². The lowest BCUT2D eigenvalue weighted by Crippen LogP contribution is -2.20. The third-order valence-corrected chi connectivity index (χ3v) is 2.93. The summed E-state index contributed by atoms with van der Waals surface area (Å²) < 4.78 is 5.36. The SMILES string of the molecule is Cc1cc(N)ccc1NC(=O)COc1cccc(Cl)c1. The topological polar surface area (TPSA) is 64.3 Å². The van der Waals surface area contributed by atoms with Gasteiger partial charge in [0.15, 0.2) is 6.61 Å². The number of aryl methyl sites for hydroxylation is 1. The number of amides is 1. The highest BCUT2D eigenvalue weighted by Gasteiger charge is 2.06. The van der Waals surface area contributed by atoms with Crippen LogP contribution in [0.1, 0.15) is 5.56 Å². The van der Waals surface area contributed by atoms with Gasteiger partial charge in [-0.05, 0) is 48.9 Å². The van der Waals surface area contributed by atoms with Crippen molar-refractivity contribution >= 4 is 28.9 Å². The second kappa shape index (κ2) is 6.30. The Morgan fingerprint density at radius 2 is 2.10 bits per heavy atom. The number of nitrogens with one attached hydrogen (secondary N) is 1. The smallest absolute Gasteiger partial charge is 0.262 e. The summed E-state index contributed by atoms with van der Waals surface area (Å²) in [5.74, 6) is 0.319. The summed E-state index contributed by atoms with van der Waals surface area (Å²) in [6.45, 7) is 1.80. The first-order valence-corrected chi connectivity index (χ1v) is 6.47. The number of anilines is 2. The second-order valence-corrected chi connectivity index (χ2v) is 4.81. The lowest BCUT2D eigenvalue weighted by atomic mass is 10.2. The number of halogens is 1. The van der Waals surface area contributed by atoms with Crippen molar-refractivity contribution < 1.29 is 9.53 Å². The van der Waals surface area contributed by atoms with E-state index in [-0.39, 0.29) is 12.5 Å². The largest absolute Gasteiger partial charge is 0.484 e. The van der Waals surface area contributed by atoms with Crippen LogP contribution >= 0.6 is 11.6 Å². The van der Waals surface area contributed by atoms with Gasteiger partial charge in [0.05, 0.1) is 0 Å². The fraction of sp³-hybridized carbons (Fsp3) is 0.133. The van der Waals surface area contributed by atoms with Crippen LogP contribution in [0.15, 0.2) is 42.5 Å². The molecule has 20 heavy (non-hydrogen) atoms. The summed E-state index contributed by atoms with van der Waals surface area (Å²) in [6, 6.07) is 12.2. The molecule has 5 heteroatoms. The van der Waals surface area contributed by atoms with Gasteiger partial charge in [0, 0.05) is 16.4 Å². The summed E-state index contributed by atoms with van der Waals surface area (Å²) in [5, 5.41) is 3.34. The zero-order chi connectivity index (χ0) is 14.5. The highest BCUT2D eigenvalue weighted by molar-refractivity contribution is 6.30. The molecule has 2 aromatic rings. The van der Waals surface area contributed by atoms with E-state index in [1.54, 1.807) is 42.5 Å². The Labute approximate surface area is 122 Å². The Bertz CT molecular complexity index is 629. The molecule has 0 radical (unpaired) electrons. The van der Waals surface area contributed by atoms with E-state index in [2.05, 4.69) is 5.32 Å². The van der Waals surface area contributed by atoms with Gasteiger partial charge in [-0.3, -0.25) is 4.79 Å². The van der Waals surface area contributed by atoms with Crippen molar-refractivity contribution in [3.8, 4) is 5.75 Å². The van der Waals surface area contributed by atoms with Gasteiger partial charge in [-0.25, -0.2) is 0 Å². The summed E-state index contributed by atoms with van der Waals surface area (Å²) in [5.41, 5.74) is 7.94. The molecule has 0 spiro atoms. The molecule has 0 saturated carbocycles. The Hall–Kier alpha value is -2.20. The highest BCUT2D eigenvalue weighted by atomic mass is 35.5. The maximum Gasteiger partial charge on any atom is 0.262 e. The fourth-order valence-corrected chi connectivity index (χ4v) is 1.90. The van der Waals surface area contributed by atoms with Gasteiger partial charge in [0.1, 0.15) is 5.75 Å². The summed E-state index contributed by atoms with van der Waals surface area (Å²) >= 11 is 5.83. The van der Waals surface area contributed by atoms with Gasteiger partial charge >= 0.3 is 0 Å². The molecule has 0 aromatic heterocycles. The number of nitrogen functional groups attached to an aromatic ring is 1. The minimum absolute atomic E-state index is 0.0792. The van der Waals surface area contributed by atoms with Crippen LogP contribution in [0, 0.1) is 6.92 Å². The minimum Gasteiger partial charge on any atom is -0.484 e. The van der Waals surface area contributed by atoms with Gasteiger partial charge < -0.3 is 15.8 Å². The molecule has 0 unspecified atom stereocenters. The number of carbonyl (C=O) groups is 1. The van der Waals surface area contributed by atoms with E-state index in [0.717, 1.165) is 11.3 Å². The molecule has 0 atom stereocenters. The summed E-state index contributed by atoms with van der Waals surface area (Å²) in [7, 11) is 0. The van der Waals surface area contributed by atoms with Gasteiger partial charge in [-0.1, -0.05) is 17.7 Å². The van der Waals surface area contributed by atoms with E-state index < -0.39 is 0 Å². The van der Waals surface area contributed by atoms with Crippen LogP contribution < -0.4 is 15.8 Å². The zero-order valence-electron chi connectivity index (χ0n) is 11.0. The molecule has 1 amide bonds. The quantitative estimate of drug-likeness (QED) is 0.850. The molecule has 4 nitrogen and oxygen atoms in total. The first kappa shape index (κ1) is 14.2. The van der Waals surface area contributed by atoms with Gasteiger partial charge in [0.25, 0.3) is 5.91 Å². The highest BCUT2D eigenvalue weighted by Crippen LogP contribution is 2.19. The van der Waals surface area contributed by atoms with Crippen molar-refractivity contribution in [3.05, 3.63) is 53.1 Å². The number of hydrogen-bond donors (Lipinski definition) is 2. The molecule has 0 heterocycles. The van der Waals surface area contributed by atoms with Crippen LogP contribution in [0.4, 0.5) is 11.4 Å². The average molecular weight is 291 g/mol. The maximum atomic E-state index is 11.8. The van der Waals surface area contributed by atoms with E-state index in [4.69, 9.17) is 22.1 Å². The predicted molar refractivity (Wildman–Crippen MR) is 81.2 cm³/mol. The monoisotopic (exact) mass is 290 g/mol. The van der Waals surface area contributed by atoms with Crippen LogP contribution in [0.3, 0.4) is 0 Å². The molecular weight excluding hydrogens is 276 g/mol. The molecule has 0 aliphatic carbocycles.